The second-order valence-corrected chi connectivity index (χ2v) is 9.27. The standard InChI is InChI=1S/C27H31ClN4O3/c1-5-19-7-9-20(10-8-19)24-23(18(4)32(27(33)29-24)15-6-16-34-17(2)3)26-30-25(31-35-26)21-11-13-22(28)14-12-21/h7-14,17,24H,5-6,15-16H2,1-4H3,(H,29,33). The summed E-state index contributed by atoms with van der Waals surface area (Å²) in [5.74, 6) is 0.839. The predicted molar refractivity (Wildman–Crippen MR) is 137 cm³/mol. The summed E-state index contributed by atoms with van der Waals surface area (Å²) in [6.45, 7) is 9.14. The Morgan fingerprint density at radius 2 is 1.86 bits per heavy atom. The summed E-state index contributed by atoms with van der Waals surface area (Å²) in [6.07, 6.45) is 1.81. The van der Waals surface area contributed by atoms with Gasteiger partial charge in [-0.1, -0.05) is 47.9 Å². The lowest BCUT2D eigenvalue weighted by Crippen LogP contribution is -2.46. The van der Waals surface area contributed by atoms with Crippen molar-refractivity contribution in [3.8, 4) is 11.4 Å². The number of carbonyl (C=O) groups is 1. The predicted octanol–water partition coefficient (Wildman–Crippen LogP) is 6.27. The minimum atomic E-state index is -0.407. The molecule has 0 radical (unpaired) electrons. The Morgan fingerprint density at radius 3 is 2.51 bits per heavy atom. The molecular weight excluding hydrogens is 464 g/mol. The highest BCUT2D eigenvalue weighted by atomic mass is 35.5. The molecule has 0 saturated carbocycles. The highest BCUT2D eigenvalue weighted by molar-refractivity contribution is 6.30. The molecule has 35 heavy (non-hydrogen) atoms. The molecule has 3 aromatic rings. The SMILES string of the molecule is CCc1ccc(C2NC(=O)N(CCCOC(C)C)C(C)=C2c2nc(-c3ccc(Cl)cc3)no2)cc1. The third kappa shape index (κ3) is 5.74. The van der Waals surface area contributed by atoms with Gasteiger partial charge in [-0.05, 0) is 69.0 Å². The molecule has 4 rings (SSSR count). The van der Waals surface area contributed by atoms with E-state index >= 15 is 0 Å². The van der Waals surface area contributed by atoms with Gasteiger partial charge in [0, 0.05) is 29.4 Å². The van der Waals surface area contributed by atoms with Crippen LogP contribution in [0.3, 0.4) is 0 Å². The lowest BCUT2D eigenvalue weighted by atomic mass is 9.93. The summed E-state index contributed by atoms with van der Waals surface area (Å²) in [6, 6.07) is 15.0. The van der Waals surface area contributed by atoms with E-state index in [4.69, 9.17) is 25.8 Å². The molecule has 1 unspecified atom stereocenters. The molecule has 1 aliphatic rings. The van der Waals surface area contributed by atoms with E-state index in [1.54, 1.807) is 17.0 Å². The van der Waals surface area contributed by atoms with Crippen LogP contribution in [0.4, 0.5) is 4.79 Å². The second kappa shape index (κ2) is 11.1. The van der Waals surface area contributed by atoms with E-state index in [1.807, 2.05) is 45.0 Å². The first-order valence-corrected chi connectivity index (χ1v) is 12.3. The lowest BCUT2D eigenvalue weighted by molar-refractivity contribution is 0.0736. The highest BCUT2D eigenvalue weighted by Gasteiger charge is 2.35. The van der Waals surface area contributed by atoms with Gasteiger partial charge in [0.25, 0.3) is 5.89 Å². The zero-order chi connectivity index (χ0) is 24.9. The van der Waals surface area contributed by atoms with E-state index < -0.39 is 6.04 Å². The van der Waals surface area contributed by atoms with Gasteiger partial charge in [-0.15, -0.1) is 0 Å². The van der Waals surface area contributed by atoms with E-state index in [0.717, 1.165) is 28.8 Å². The molecule has 7 nitrogen and oxygen atoms in total. The number of nitrogens with one attached hydrogen (secondary N) is 1. The molecule has 0 bridgehead atoms. The second-order valence-electron chi connectivity index (χ2n) is 8.83. The highest BCUT2D eigenvalue weighted by Crippen LogP contribution is 2.37. The number of carbonyl (C=O) groups excluding carboxylic acids is 1. The van der Waals surface area contributed by atoms with Gasteiger partial charge >= 0.3 is 6.03 Å². The van der Waals surface area contributed by atoms with E-state index in [-0.39, 0.29) is 12.1 Å². The Bertz CT molecular complexity index is 1190. The van der Waals surface area contributed by atoms with Crippen molar-refractivity contribution in [2.45, 2.75) is 52.7 Å². The topological polar surface area (TPSA) is 80.5 Å². The maximum atomic E-state index is 13.1. The molecule has 0 fully saturated rings. The van der Waals surface area contributed by atoms with Crippen LogP contribution in [0.1, 0.15) is 57.2 Å². The zero-order valence-electron chi connectivity index (χ0n) is 20.5. The molecule has 1 aromatic heterocycles. The van der Waals surface area contributed by atoms with Crippen molar-refractivity contribution in [3.05, 3.63) is 76.3 Å². The van der Waals surface area contributed by atoms with Gasteiger partial charge in [-0.2, -0.15) is 4.98 Å². The molecule has 2 aromatic carbocycles. The Balaban J connectivity index is 1.70. The number of hydrogen-bond donors (Lipinski definition) is 1. The number of ether oxygens (including phenoxy) is 1. The van der Waals surface area contributed by atoms with Crippen LogP contribution in [0.25, 0.3) is 17.0 Å². The molecular formula is C27H31ClN4O3. The van der Waals surface area contributed by atoms with E-state index in [9.17, 15) is 4.79 Å². The van der Waals surface area contributed by atoms with E-state index in [2.05, 4.69) is 29.5 Å². The number of aryl methyl sites for hydroxylation is 1. The third-order valence-electron chi connectivity index (χ3n) is 6.05. The third-order valence-corrected chi connectivity index (χ3v) is 6.31. The summed E-state index contributed by atoms with van der Waals surface area (Å²) >= 11 is 6.03. The van der Waals surface area contributed by atoms with Gasteiger partial charge in [-0.25, -0.2) is 4.79 Å². The summed E-state index contributed by atoms with van der Waals surface area (Å²) in [7, 11) is 0. The van der Waals surface area contributed by atoms with Crippen LogP contribution in [0.5, 0.6) is 0 Å². The van der Waals surface area contributed by atoms with Crippen molar-refractivity contribution < 1.29 is 14.1 Å². The molecule has 8 heteroatoms. The van der Waals surface area contributed by atoms with Crippen molar-refractivity contribution in [2.24, 2.45) is 0 Å². The minimum absolute atomic E-state index is 0.150. The molecule has 1 N–H and O–H groups in total. The lowest BCUT2D eigenvalue weighted by Gasteiger charge is -2.35. The molecule has 184 valence electrons. The number of benzene rings is 2. The molecule has 0 aliphatic carbocycles. The van der Waals surface area contributed by atoms with Crippen LogP contribution in [0.2, 0.25) is 5.02 Å². The quantitative estimate of drug-likeness (QED) is 0.355. The van der Waals surface area contributed by atoms with Crippen LogP contribution < -0.4 is 5.32 Å². The summed E-state index contributed by atoms with van der Waals surface area (Å²) in [4.78, 5) is 19.6. The maximum Gasteiger partial charge on any atom is 0.322 e. The smallest absolute Gasteiger partial charge is 0.322 e. The van der Waals surface area contributed by atoms with Gasteiger partial charge in [0.1, 0.15) is 0 Å². The Kier molecular flexibility index (Phi) is 7.88. The molecule has 2 heterocycles. The van der Waals surface area contributed by atoms with Crippen LogP contribution in [0.15, 0.2) is 58.8 Å². The molecule has 1 aliphatic heterocycles. The summed E-state index contributed by atoms with van der Waals surface area (Å²) < 4.78 is 11.4. The van der Waals surface area contributed by atoms with Gasteiger partial charge in [0.05, 0.1) is 17.7 Å². The maximum absolute atomic E-state index is 13.1. The minimum Gasteiger partial charge on any atom is -0.379 e. The van der Waals surface area contributed by atoms with Gasteiger partial charge in [-0.3, -0.25) is 4.90 Å². The van der Waals surface area contributed by atoms with E-state index in [0.29, 0.717) is 36.3 Å². The van der Waals surface area contributed by atoms with Crippen LogP contribution in [0, 0.1) is 0 Å². The van der Waals surface area contributed by atoms with Crippen molar-refractivity contribution in [1.29, 1.82) is 0 Å². The monoisotopic (exact) mass is 494 g/mol. The van der Waals surface area contributed by atoms with Gasteiger partial charge < -0.3 is 14.6 Å². The first-order valence-electron chi connectivity index (χ1n) is 12.0. The summed E-state index contributed by atoms with van der Waals surface area (Å²) in [5.41, 5.74) is 4.56. The van der Waals surface area contributed by atoms with Crippen LogP contribution in [-0.4, -0.2) is 40.3 Å². The number of hydrogen-bond acceptors (Lipinski definition) is 5. The number of halogens is 1. The van der Waals surface area contributed by atoms with Gasteiger partial charge in [0.2, 0.25) is 5.82 Å². The number of rotatable bonds is 9. The number of allylic oxidation sites excluding steroid dienone is 1. The number of urea groups is 1. The fourth-order valence-electron chi connectivity index (χ4n) is 4.11. The van der Waals surface area contributed by atoms with Crippen molar-refractivity contribution in [2.75, 3.05) is 13.2 Å². The molecule has 0 spiro atoms. The van der Waals surface area contributed by atoms with E-state index in [1.165, 1.54) is 5.56 Å². The molecule has 2 amide bonds. The Hall–Kier alpha value is -3.16. The first-order chi connectivity index (χ1) is 16.9. The number of nitrogens with zero attached hydrogens (tertiary/aromatic N) is 3. The Labute approximate surface area is 211 Å². The van der Waals surface area contributed by atoms with Gasteiger partial charge in [0.15, 0.2) is 0 Å². The Morgan fingerprint density at radius 1 is 1.14 bits per heavy atom. The number of amides is 2. The normalized spacial score (nSPS) is 16.2. The first kappa shape index (κ1) is 24.9. The fourth-order valence-corrected chi connectivity index (χ4v) is 4.24. The van der Waals surface area contributed by atoms with Crippen molar-refractivity contribution in [3.63, 3.8) is 0 Å². The van der Waals surface area contributed by atoms with Crippen molar-refractivity contribution >= 4 is 23.2 Å². The van der Waals surface area contributed by atoms with Crippen LogP contribution >= 0.6 is 11.6 Å². The van der Waals surface area contributed by atoms with Crippen LogP contribution in [-0.2, 0) is 11.2 Å². The summed E-state index contributed by atoms with van der Waals surface area (Å²) in [5, 5.41) is 7.99. The van der Waals surface area contributed by atoms with Crippen molar-refractivity contribution in [1.82, 2.24) is 20.4 Å². The fraction of sp³-hybridized carbons (Fsp3) is 0.370. The largest absolute Gasteiger partial charge is 0.379 e. The molecule has 0 saturated heterocycles. The number of aromatic nitrogens is 2. The molecule has 1 atom stereocenters. The average Bonchev–Trinajstić information content (AvgIpc) is 3.33. The zero-order valence-corrected chi connectivity index (χ0v) is 21.3. The average molecular weight is 495 g/mol.